The predicted molar refractivity (Wildman–Crippen MR) is 92.0 cm³/mol. The molecule has 1 N–H and O–H groups in total. The van der Waals surface area contributed by atoms with Gasteiger partial charge in [-0.05, 0) is 68.3 Å². The molecule has 0 saturated heterocycles. The number of anilines is 1. The molecule has 2 rings (SSSR count). The third kappa shape index (κ3) is 5.60. The maximum Gasteiger partial charge on any atom is 0.347 e. The first kappa shape index (κ1) is 18.4. The van der Waals surface area contributed by atoms with Gasteiger partial charge in [0.05, 0.1) is 0 Å². The van der Waals surface area contributed by atoms with Crippen LogP contribution in [0.3, 0.4) is 0 Å². The van der Waals surface area contributed by atoms with Gasteiger partial charge >= 0.3 is 5.97 Å². The number of carbonyl (C=O) groups excluding carboxylic acids is 2. The van der Waals surface area contributed by atoms with E-state index in [0.717, 1.165) is 11.1 Å². The second kappa shape index (κ2) is 8.28. The Morgan fingerprint density at radius 1 is 1.08 bits per heavy atom. The van der Waals surface area contributed by atoms with Gasteiger partial charge in [-0.3, -0.25) is 4.79 Å². The second-order valence-corrected chi connectivity index (χ2v) is 5.67. The number of esters is 1. The van der Waals surface area contributed by atoms with Crippen molar-refractivity contribution >= 4 is 17.6 Å². The van der Waals surface area contributed by atoms with Crippen LogP contribution in [0.2, 0.25) is 0 Å². The Kier molecular flexibility index (Phi) is 6.11. The van der Waals surface area contributed by atoms with E-state index in [-0.39, 0.29) is 0 Å². The van der Waals surface area contributed by atoms with Gasteiger partial charge in [-0.25, -0.2) is 9.18 Å². The number of benzene rings is 2. The molecule has 5 nitrogen and oxygen atoms in total. The molecule has 1 atom stereocenters. The quantitative estimate of drug-likeness (QED) is 0.815. The zero-order valence-electron chi connectivity index (χ0n) is 14.3. The maximum atomic E-state index is 12.8. The van der Waals surface area contributed by atoms with Gasteiger partial charge in [0.1, 0.15) is 11.6 Å². The van der Waals surface area contributed by atoms with Gasteiger partial charge in [-0.1, -0.05) is 6.07 Å². The van der Waals surface area contributed by atoms with Crippen LogP contribution in [0.15, 0.2) is 42.5 Å². The zero-order chi connectivity index (χ0) is 18.4. The molecule has 2 aromatic carbocycles. The van der Waals surface area contributed by atoms with Crippen molar-refractivity contribution in [3.63, 3.8) is 0 Å². The Morgan fingerprint density at radius 2 is 1.76 bits per heavy atom. The number of aryl methyl sites for hydroxylation is 2. The summed E-state index contributed by atoms with van der Waals surface area (Å²) in [5.41, 5.74) is 2.81. The van der Waals surface area contributed by atoms with Crippen molar-refractivity contribution in [1.82, 2.24) is 0 Å². The van der Waals surface area contributed by atoms with E-state index in [4.69, 9.17) is 9.47 Å². The summed E-state index contributed by atoms with van der Waals surface area (Å²) in [6, 6.07) is 10.8. The minimum atomic E-state index is -0.917. The van der Waals surface area contributed by atoms with E-state index < -0.39 is 30.4 Å². The van der Waals surface area contributed by atoms with Crippen LogP contribution in [0.1, 0.15) is 18.1 Å². The fourth-order valence-electron chi connectivity index (χ4n) is 2.04. The minimum Gasteiger partial charge on any atom is -0.479 e. The average Bonchev–Trinajstić information content (AvgIpc) is 2.58. The van der Waals surface area contributed by atoms with E-state index in [1.165, 1.54) is 31.2 Å². The standard InChI is InChI=1S/C19H20FNO4/c1-12-4-7-16(10-13(12)2)21-18(22)11-24-19(23)14(3)25-17-8-5-15(20)6-9-17/h4-10,14H,11H2,1-3H3,(H,21,22)/t14-/m1/s1. The fourth-order valence-corrected chi connectivity index (χ4v) is 2.04. The lowest BCUT2D eigenvalue weighted by molar-refractivity contribution is -0.153. The lowest BCUT2D eigenvalue weighted by Crippen LogP contribution is -2.29. The van der Waals surface area contributed by atoms with Crippen LogP contribution in [0, 0.1) is 19.7 Å². The number of amides is 1. The molecule has 0 heterocycles. The molecule has 0 aliphatic rings. The number of ether oxygens (including phenoxy) is 2. The first-order valence-corrected chi connectivity index (χ1v) is 7.81. The van der Waals surface area contributed by atoms with Crippen LogP contribution >= 0.6 is 0 Å². The van der Waals surface area contributed by atoms with Gasteiger partial charge in [0, 0.05) is 5.69 Å². The summed E-state index contributed by atoms with van der Waals surface area (Å²) in [4.78, 5) is 23.7. The number of carbonyl (C=O) groups is 2. The van der Waals surface area contributed by atoms with Crippen molar-refractivity contribution in [2.45, 2.75) is 26.9 Å². The SMILES string of the molecule is Cc1ccc(NC(=O)COC(=O)[C@@H](C)Oc2ccc(F)cc2)cc1C. The van der Waals surface area contributed by atoms with E-state index in [0.29, 0.717) is 11.4 Å². The Hall–Kier alpha value is -2.89. The maximum absolute atomic E-state index is 12.8. The molecule has 2 aromatic rings. The molecule has 25 heavy (non-hydrogen) atoms. The molecule has 132 valence electrons. The Morgan fingerprint density at radius 3 is 2.40 bits per heavy atom. The number of nitrogens with one attached hydrogen (secondary N) is 1. The number of rotatable bonds is 6. The fraction of sp³-hybridized carbons (Fsp3) is 0.263. The zero-order valence-corrected chi connectivity index (χ0v) is 14.3. The summed E-state index contributed by atoms with van der Waals surface area (Å²) < 4.78 is 23.1. The highest BCUT2D eigenvalue weighted by molar-refractivity contribution is 5.93. The summed E-state index contributed by atoms with van der Waals surface area (Å²) in [6.45, 7) is 5.00. The molecule has 0 aliphatic heterocycles. The predicted octanol–water partition coefficient (Wildman–Crippen LogP) is 3.39. The average molecular weight is 345 g/mol. The van der Waals surface area contributed by atoms with Crippen molar-refractivity contribution in [2.75, 3.05) is 11.9 Å². The molecular weight excluding hydrogens is 325 g/mol. The molecule has 0 aliphatic carbocycles. The summed E-state index contributed by atoms with van der Waals surface area (Å²) in [7, 11) is 0. The van der Waals surface area contributed by atoms with E-state index in [1.807, 2.05) is 26.0 Å². The highest BCUT2D eigenvalue weighted by Crippen LogP contribution is 2.15. The Balaban J connectivity index is 1.80. The van der Waals surface area contributed by atoms with Crippen molar-refractivity contribution in [3.05, 3.63) is 59.4 Å². The summed E-state index contributed by atoms with van der Waals surface area (Å²) in [5, 5.41) is 2.66. The van der Waals surface area contributed by atoms with Crippen LogP contribution in [0.25, 0.3) is 0 Å². The largest absolute Gasteiger partial charge is 0.479 e. The highest BCUT2D eigenvalue weighted by atomic mass is 19.1. The molecular formula is C19H20FNO4. The van der Waals surface area contributed by atoms with Crippen LogP contribution in [-0.2, 0) is 14.3 Å². The molecule has 0 fully saturated rings. The van der Waals surface area contributed by atoms with Gasteiger partial charge in [-0.15, -0.1) is 0 Å². The lowest BCUT2D eigenvalue weighted by Gasteiger charge is -2.14. The molecule has 0 spiro atoms. The van der Waals surface area contributed by atoms with Crippen molar-refractivity contribution < 1.29 is 23.5 Å². The Bertz CT molecular complexity index is 759. The van der Waals surface area contributed by atoms with E-state index in [9.17, 15) is 14.0 Å². The molecule has 0 saturated carbocycles. The summed E-state index contributed by atoms with van der Waals surface area (Å²) in [6.07, 6.45) is -0.917. The third-order valence-corrected chi connectivity index (χ3v) is 3.59. The van der Waals surface area contributed by atoms with Crippen LogP contribution < -0.4 is 10.1 Å². The summed E-state index contributed by atoms with van der Waals surface area (Å²) >= 11 is 0. The van der Waals surface area contributed by atoms with Crippen LogP contribution in [0.4, 0.5) is 10.1 Å². The topological polar surface area (TPSA) is 64.6 Å². The normalized spacial score (nSPS) is 11.5. The van der Waals surface area contributed by atoms with E-state index in [1.54, 1.807) is 6.07 Å². The highest BCUT2D eigenvalue weighted by Gasteiger charge is 2.18. The van der Waals surface area contributed by atoms with Crippen LogP contribution in [0.5, 0.6) is 5.75 Å². The first-order chi connectivity index (χ1) is 11.8. The van der Waals surface area contributed by atoms with Gasteiger partial charge in [0.2, 0.25) is 0 Å². The van der Waals surface area contributed by atoms with Crippen molar-refractivity contribution in [2.24, 2.45) is 0 Å². The number of hydrogen-bond acceptors (Lipinski definition) is 4. The Labute approximate surface area is 145 Å². The number of hydrogen-bond donors (Lipinski definition) is 1. The third-order valence-electron chi connectivity index (χ3n) is 3.59. The van der Waals surface area contributed by atoms with Gasteiger partial charge in [-0.2, -0.15) is 0 Å². The molecule has 0 radical (unpaired) electrons. The molecule has 6 heteroatoms. The smallest absolute Gasteiger partial charge is 0.347 e. The molecule has 0 bridgehead atoms. The summed E-state index contributed by atoms with van der Waals surface area (Å²) in [5.74, 6) is -1.18. The van der Waals surface area contributed by atoms with Crippen LogP contribution in [-0.4, -0.2) is 24.6 Å². The van der Waals surface area contributed by atoms with Gasteiger partial charge in [0.15, 0.2) is 12.7 Å². The van der Waals surface area contributed by atoms with Gasteiger partial charge in [0.25, 0.3) is 5.91 Å². The lowest BCUT2D eigenvalue weighted by atomic mass is 10.1. The first-order valence-electron chi connectivity index (χ1n) is 7.81. The minimum absolute atomic E-state index is 0.338. The molecule has 0 unspecified atom stereocenters. The van der Waals surface area contributed by atoms with Crippen molar-refractivity contribution in [1.29, 1.82) is 0 Å². The molecule has 0 aromatic heterocycles. The molecule has 1 amide bonds. The monoisotopic (exact) mass is 345 g/mol. The van der Waals surface area contributed by atoms with E-state index >= 15 is 0 Å². The number of halogens is 1. The van der Waals surface area contributed by atoms with E-state index in [2.05, 4.69) is 5.32 Å². The van der Waals surface area contributed by atoms with Crippen molar-refractivity contribution in [3.8, 4) is 5.75 Å². The second-order valence-electron chi connectivity index (χ2n) is 5.67. The van der Waals surface area contributed by atoms with Gasteiger partial charge < -0.3 is 14.8 Å².